The van der Waals surface area contributed by atoms with Crippen molar-refractivity contribution in [3.63, 3.8) is 0 Å². The van der Waals surface area contributed by atoms with Crippen molar-refractivity contribution in [2.75, 3.05) is 26.2 Å². The molecule has 0 saturated carbocycles. The van der Waals surface area contributed by atoms with Crippen molar-refractivity contribution in [2.24, 2.45) is 11.8 Å². The van der Waals surface area contributed by atoms with Gasteiger partial charge in [-0.05, 0) is 38.1 Å². The second kappa shape index (κ2) is 8.63. The molecular formula is C16H33N3O. The van der Waals surface area contributed by atoms with E-state index in [0.717, 1.165) is 26.1 Å². The summed E-state index contributed by atoms with van der Waals surface area (Å²) < 4.78 is 0. The summed E-state index contributed by atoms with van der Waals surface area (Å²) in [5, 5.41) is 6.71. The van der Waals surface area contributed by atoms with Gasteiger partial charge in [0.1, 0.15) is 0 Å². The van der Waals surface area contributed by atoms with Crippen LogP contribution in [-0.4, -0.2) is 49.1 Å². The van der Waals surface area contributed by atoms with E-state index in [1.54, 1.807) is 0 Å². The average molecular weight is 283 g/mol. The SMILES string of the molecule is CCCNC1CCN(CC(=O)NC(C)C(C)C)CC1C. The fourth-order valence-corrected chi connectivity index (χ4v) is 2.68. The first-order valence-corrected chi connectivity index (χ1v) is 8.19. The number of carbonyl (C=O) groups excluding carboxylic acids is 1. The molecule has 20 heavy (non-hydrogen) atoms. The molecular weight excluding hydrogens is 250 g/mol. The van der Waals surface area contributed by atoms with Crippen LogP contribution in [0.15, 0.2) is 0 Å². The summed E-state index contributed by atoms with van der Waals surface area (Å²) in [4.78, 5) is 14.3. The number of hydrogen-bond donors (Lipinski definition) is 2. The highest BCUT2D eigenvalue weighted by Gasteiger charge is 2.26. The predicted molar refractivity (Wildman–Crippen MR) is 84.7 cm³/mol. The van der Waals surface area contributed by atoms with E-state index in [-0.39, 0.29) is 11.9 Å². The lowest BCUT2D eigenvalue weighted by atomic mass is 9.93. The number of carbonyl (C=O) groups is 1. The van der Waals surface area contributed by atoms with Crippen LogP contribution < -0.4 is 10.6 Å². The van der Waals surface area contributed by atoms with Gasteiger partial charge in [0, 0.05) is 25.2 Å². The number of hydrogen-bond acceptors (Lipinski definition) is 3. The summed E-state index contributed by atoms with van der Waals surface area (Å²) >= 11 is 0. The molecule has 0 aliphatic carbocycles. The van der Waals surface area contributed by atoms with Gasteiger partial charge in [0.15, 0.2) is 0 Å². The molecule has 2 N–H and O–H groups in total. The highest BCUT2D eigenvalue weighted by atomic mass is 16.2. The Morgan fingerprint density at radius 1 is 1.35 bits per heavy atom. The number of rotatable bonds is 7. The van der Waals surface area contributed by atoms with Gasteiger partial charge in [0.25, 0.3) is 0 Å². The van der Waals surface area contributed by atoms with E-state index in [2.05, 4.69) is 50.2 Å². The van der Waals surface area contributed by atoms with Gasteiger partial charge in [-0.2, -0.15) is 0 Å². The molecule has 1 saturated heterocycles. The topological polar surface area (TPSA) is 44.4 Å². The van der Waals surface area contributed by atoms with Crippen LogP contribution in [0.25, 0.3) is 0 Å². The van der Waals surface area contributed by atoms with E-state index in [1.807, 2.05) is 0 Å². The zero-order valence-electron chi connectivity index (χ0n) is 13.9. The average Bonchev–Trinajstić information content (AvgIpc) is 2.37. The smallest absolute Gasteiger partial charge is 0.234 e. The summed E-state index contributed by atoms with van der Waals surface area (Å²) in [6.45, 7) is 14.5. The molecule has 0 radical (unpaired) electrons. The monoisotopic (exact) mass is 283 g/mol. The van der Waals surface area contributed by atoms with Crippen LogP contribution in [0.2, 0.25) is 0 Å². The Balaban J connectivity index is 2.31. The lowest BCUT2D eigenvalue weighted by Gasteiger charge is -2.37. The molecule has 4 nitrogen and oxygen atoms in total. The zero-order valence-corrected chi connectivity index (χ0v) is 13.9. The van der Waals surface area contributed by atoms with Crippen molar-refractivity contribution in [2.45, 2.75) is 59.5 Å². The Labute approximate surface area is 124 Å². The number of amides is 1. The molecule has 1 heterocycles. The molecule has 0 bridgehead atoms. The third kappa shape index (κ3) is 5.80. The van der Waals surface area contributed by atoms with Gasteiger partial charge in [-0.25, -0.2) is 0 Å². The normalized spacial score (nSPS) is 25.7. The van der Waals surface area contributed by atoms with E-state index in [1.165, 1.54) is 6.42 Å². The molecule has 4 heteroatoms. The predicted octanol–water partition coefficient (Wildman–Crippen LogP) is 1.86. The van der Waals surface area contributed by atoms with Crippen LogP contribution in [0.1, 0.15) is 47.5 Å². The Hall–Kier alpha value is -0.610. The van der Waals surface area contributed by atoms with Crippen molar-refractivity contribution in [1.82, 2.24) is 15.5 Å². The van der Waals surface area contributed by atoms with Crippen LogP contribution in [0.4, 0.5) is 0 Å². The Kier molecular flexibility index (Phi) is 7.52. The van der Waals surface area contributed by atoms with Crippen LogP contribution in [0, 0.1) is 11.8 Å². The van der Waals surface area contributed by atoms with Crippen molar-refractivity contribution in [1.29, 1.82) is 0 Å². The summed E-state index contributed by atoms with van der Waals surface area (Å²) in [5.41, 5.74) is 0. The van der Waals surface area contributed by atoms with E-state index >= 15 is 0 Å². The molecule has 118 valence electrons. The van der Waals surface area contributed by atoms with Crippen molar-refractivity contribution >= 4 is 5.91 Å². The first-order valence-electron chi connectivity index (χ1n) is 8.19. The van der Waals surface area contributed by atoms with Crippen LogP contribution in [-0.2, 0) is 4.79 Å². The maximum Gasteiger partial charge on any atom is 0.234 e. The van der Waals surface area contributed by atoms with E-state index < -0.39 is 0 Å². The zero-order chi connectivity index (χ0) is 15.1. The summed E-state index contributed by atoms with van der Waals surface area (Å²) in [5.74, 6) is 1.27. The lowest BCUT2D eigenvalue weighted by molar-refractivity contribution is -0.123. The third-order valence-corrected chi connectivity index (χ3v) is 4.40. The van der Waals surface area contributed by atoms with Crippen molar-refractivity contribution in [3.05, 3.63) is 0 Å². The minimum absolute atomic E-state index is 0.165. The number of nitrogens with zero attached hydrogens (tertiary/aromatic N) is 1. The van der Waals surface area contributed by atoms with Gasteiger partial charge >= 0.3 is 0 Å². The standard InChI is InChI=1S/C16H33N3O/c1-6-8-17-15-7-9-19(10-13(15)4)11-16(20)18-14(5)12(2)3/h12-15,17H,6-11H2,1-5H3,(H,18,20). The third-order valence-electron chi connectivity index (χ3n) is 4.40. The fraction of sp³-hybridized carbons (Fsp3) is 0.938. The van der Waals surface area contributed by atoms with Crippen LogP contribution in [0.5, 0.6) is 0 Å². The summed E-state index contributed by atoms with van der Waals surface area (Å²) in [7, 11) is 0. The van der Waals surface area contributed by atoms with Gasteiger partial charge in [-0.15, -0.1) is 0 Å². The van der Waals surface area contributed by atoms with Gasteiger partial charge in [0.05, 0.1) is 6.54 Å². The molecule has 1 amide bonds. The second-order valence-corrected chi connectivity index (χ2v) is 6.66. The summed E-state index contributed by atoms with van der Waals surface area (Å²) in [6, 6.07) is 0.868. The fourth-order valence-electron chi connectivity index (χ4n) is 2.68. The highest BCUT2D eigenvalue weighted by Crippen LogP contribution is 2.16. The number of nitrogens with one attached hydrogen (secondary N) is 2. The van der Waals surface area contributed by atoms with Crippen molar-refractivity contribution in [3.8, 4) is 0 Å². The van der Waals surface area contributed by atoms with Gasteiger partial charge < -0.3 is 10.6 Å². The lowest BCUT2D eigenvalue weighted by Crippen LogP contribution is -2.51. The molecule has 1 fully saturated rings. The Morgan fingerprint density at radius 3 is 2.60 bits per heavy atom. The first kappa shape index (κ1) is 17.4. The maximum atomic E-state index is 12.0. The largest absolute Gasteiger partial charge is 0.352 e. The molecule has 1 rings (SSSR count). The Morgan fingerprint density at radius 2 is 2.05 bits per heavy atom. The van der Waals surface area contributed by atoms with Crippen LogP contribution >= 0.6 is 0 Å². The van der Waals surface area contributed by atoms with Gasteiger partial charge in [-0.1, -0.05) is 27.7 Å². The van der Waals surface area contributed by atoms with Crippen LogP contribution in [0.3, 0.4) is 0 Å². The molecule has 3 unspecified atom stereocenters. The summed E-state index contributed by atoms with van der Waals surface area (Å²) in [6.07, 6.45) is 2.33. The molecule has 1 aliphatic rings. The molecule has 0 spiro atoms. The minimum Gasteiger partial charge on any atom is -0.352 e. The molecule has 0 aromatic heterocycles. The molecule has 3 atom stereocenters. The van der Waals surface area contributed by atoms with Crippen molar-refractivity contribution < 1.29 is 4.79 Å². The number of likely N-dealkylation sites (tertiary alicyclic amines) is 1. The van der Waals surface area contributed by atoms with E-state index in [4.69, 9.17) is 0 Å². The molecule has 1 aliphatic heterocycles. The molecule has 0 aromatic rings. The van der Waals surface area contributed by atoms with Gasteiger partial charge in [-0.3, -0.25) is 9.69 Å². The molecule has 0 aromatic carbocycles. The minimum atomic E-state index is 0.165. The van der Waals surface area contributed by atoms with E-state index in [0.29, 0.717) is 24.4 Å². The van der Waals surface area contributed by atoms with E-state index in [9.17, 15) is 4.79 Å². The highest BCUT2D eigenvalue weighted by molar-refractivity contribution is 5.78. The maximum absolute atomic E-state index is 12.0. The number of piperidine rings is 1. The van der Waals surface area contributed by atoms with Gasteiger partial charge in [0.2, 0.25) is 5.91 Å². The second-order valence-electron chi connectivity index (χ2n) is 6.66. The first-order chi connectivity index (χ1) is 9.43. The quantitative estimate of drug-likeness (QED) is 0.749. The Bertz CT molecular complexity index is 293.